The normalized spacial score (nSPS) is 17.1. The zero-order chi connectivity index (χ0) is 13.5. The number of para-hydroxylation sites is 1. The zero-order valence-corrected chi connectivity index (χ0v) is 11.3. The molecule has 1 unspecified atom stereocenters. The summed E-state index contributed by atoms with van der Waals surface area (Å²) in [6.07, 6.45) is 0. The van der Waals surface area contributed by atoms with E-state index in [1.165, 1.54) is 16.3 Å². The van der Waals surface area contributed by atoms with Gasteiger partial charge in [-0.15, -0.1) is 0 Å². The van der Waals surface area contributed by atoms with Crippen LogP contribution in [0.25, 0.3) is 10.8 Å². The molecule has 0 saturated heterocycles. The highest BCUT2D eigenvalue weighted by atomic mass is 16.7. The molecule has 1 heterocycles. The molecule has 0 aromatic heterocycles. The minimum atomic E-state index is 0.219. The number of hydrogen-bond acceptors (Lipinski definition) is 2. The van der Waals surface area contributed by atoms with Gasteiger partial charge in [0, 0.05) is 10.9 Å². The molecule has 0 amide bonds. The lowest BCUT2D eigenvalue weighted by Gasteiger charge is -2.21. The predicted molar refractivity (Wildman–Crippen MR) is 81.9 cm³/mol. The van der Waals surface area contributed by atoms with Crippen LogP contribution in [0.15, 0.2) is 66.7 Å². The number of hydrogen-bond donors (Lipinski definition) is 0. The minimum absolute atomic E-state index is 0.219. The van der Waals surface area contributed by atoms with E-state index >= 15 is 0 Å². The Balaban J connectivity index is 1.86. The van der Waals surface area contributed by atoms with Crippen molar-refractivity contribution in [2.75, 3.05) is 5.06 Å². The second kappa shape index (κ2) is 4.27. The van der Waals surface area contributed by atoms with Gasteiger partial charge in [-0.25, -0.2) is 5.06 Å². The van der Waals surface area contributed by atoms with Crippen molar-refractivity contribution in [3.8, 4) is 5.75 Å². The number of benzene rings is 3. The molecule has 4 rings (SSSR count). The van der Waals surface area contributed by atoms with Gasteiger partial charge in [0.05, 0.1) is 11.7 Å². The molecule has 98 valence electrons. The molecule has 0 bridgehead atoms. The van der Waals surface area contributed by atoms with Crippen molar-refractivity contribution >= 4 is 16.5 Å². The molecule has 1 aliphatic rings. The van der Waals surface area contributed by atoms with Gasteiger partial charge >= 0.3 is 0 Å². The van der Waals surface area contributed by atoms with Crippen LogP contribution in [0.5, 0.6) is 5.75 Å². The van der Waals surface area contributed by atoms with Crippen LogP contribution in [0.1, 0.15) is 18.5 Å². The highest BCUT2D eigenvalue weighted by molar-refractivity contribution is 5.90. The number of anilines is 1. The van der Waals surface area contributed by atoms with Crippen LogP contribution in [0.2, 0.25) is 0 Å². The molecule has 0 spiro atoms. The van der Waals surface area contributed by atoms with Crippen LogP contribution >= 0.6 is 0 Å². The van der Waals surface area contributed by atoms with Crippen molar-refractivity contribution in [1.29, 1.82) is 0 Å². The van der Waals surface area contributed by atoms with Gasteiger partial charge in [-0.05, 0) is 24.4 Å². The molecule has 3 aromatic carbocycles. The van der Waals surface area contributed by atoms with Crippen molar-refractivity contribution in [2.24, 2.45) is 0 Å². The molecule has 20 heavy (non-hydrogen) atoms. The van der Waals surface area contributed by atoms with Gasteiger partial charge in [0.25, 0.3) is 0 Å². The molecule has 2 heteroatoms. The first-order chi connectivity index (χ1) is 9.84. The molecule has 3 aromatic rings. The van der Waals surface area contributed by atoms with Gasteiger partial charge in [-0.2, -0.15) is 0 Å². The summed E-state index contributed by atoms with van der Waals surface area (Å²) in [6, 6.07) is 23.2. The van der Waals surface area contributed by atoms with Crippen LogP contribution in [-0.2, 0) is 0 Å². The van der Waals surface area contributed by atoms with Gasteiger partial charge in [0.2, 0.25) is 0 Å². The Morgan fingerprint density at radius 1 is 0.850 bits per heavy atom. The predicted octanol–water partition coefficient (Wildman–Crippen LogP) is 4.71. The minimum Gasteiger partial charge on any atom is -0.378 e. The third-order valence-corrected chi connectivity index (χ3v) is 3.91. The molecular weight excluding hydrogens is 246 g/mol. The van der Waals surface area contributed by atoms with Gasteiger partial charge in [-0.3, -0.25) is 0 Å². The van der Waals surface area contributed by atoms with Crippen molar-refractivity contribution in [3.05, 3.63) is 72.3 Å². The van der Waals surface area contributed by atoms with E-state index < -0.39 is 0 Å². The molecular formula is C18H15NO. The van der Waals surface area contributed by atoms with E-state index in [0.29, 0.717) is 0 Å². The second-order valence-electron chi connectivity index (χ2n) is 5.13. The smallest absolute Gasteiger partial charge is 0.168 e. The Hall–Kier alpha value is -2.48. The van der Waals surface area contributed by atoms with Crippen LogP contribution in [0, 0.1) is 0 Å². The van der Waals surface area contributed by atoms with E-state index in [-0.39, 0.29) is 6.04 Å². The van der Waals surface area contributed by atoms with Gasteiger partial charge in [0.15, 0.2) is 5.75 Å². The first-order valence-corrected chi connectivity index (χ1v) is 6.88. The van der Waals surface area contributed by atoms with Crippen molar-refractivity contribution < 1.29 is 4.84 Å². The Morgan fingerprint density at radius 2 is 1.60 bits per heavy atom. The SMILES string of the molecule is CC1c2ccc3ccccc3c2ON1c1ccccc1. The van der Waals surface area contributed by atoms with Crippen LogP contribution < -0.4 is 9.90 Å². The summed E-state index contributed by atoms with van der Waals surface area (Å²) in [4.78, 5) is 6.15. The molecule has 0 aliphatic carbocycles. The van der Waals surface area contributed by atoms with Crippen molar-refractivity contribution in [1.82, 2.24) is 0 Å². The largest absolute Gasteiger partial charge is 0.378 e. The van der Waals surface area contributed by atoms with Crippen LogP contribution in [0.3, 0.4) is 0 Å². The summed E-state index contributed by atoms with van der Waals surface area (Å²) >= 11 is 0. The Bertz CT molecular complexity index is 767. The average molecular weight is 261 g/mol. The summed E-state index contributed by atoms with van der Waals surface area (Å²) in [5, 5.41) is 4.38. The molecule has 1 atom stereocenters. The fraction of sp³-hybridized carbons (Fsp3) is 0.111. The highest BCUT2D eigenvalue weighted by Gasteiger charge is 2.30. The molecule has 0 fully saturated rings. The summed E-state index contributed by atoms with van der Waals surface area (Å²) in [5.41, 5.74) is 2.33. The topological polar surface area (TPSA) is 12.5 Å². The molecule has 0 N–H and O–H groups in total. The first-order valence-electron chi connectivity index (χ1n) is 6.88. The maximum absolute atomic E-state index is 6.15. The first kappa shape index (κ1) is 11.4. The summed E-state index contributed by atoms with van der Waals surface area (Å²) < 4.78 is 0. The molecule has 0 saturated carbocycles. The Morgan fingerprint density at radius 3 is 2.45 bits per heavy atom. The second-order valence-corrected chi connectivity index (χ2v) is 5.13. The van der Waals surface area contributed by atoms with E-state index in [9.17, 15) is 0 Å². The number of rotatable bonds is 1. The molecule has 2 nitrogen and oxygen atoms in total. The zero-order valence-electron chi connectivity index (χ0n) is 11.3. The van der Waals surface area contributed by atoms with Crippen LogP contribution in [-0.4, -0.2) is 0 Å². The van der Waals surface area contributed by atoms with Crippen LogP contribution in [0.4, 0.5) is 5.69 Å². The van der Waals surface area contributed by atoms with E-state index in [1.54, 1.807) is 0 Å². The van der Waals surface area contributed by atoms with Gasteiger partial charge in [-0.1, -0.05) is 54.6 Å². The van der Waals surface area contributed by atoms with Crippen molar-refractivity contribution in [2.45, 2.75) is 13.0 Å². The quantitative estimate of drug-likeness (QED) is 0.628. The third-order valence-electron chi connectivity index (χ3n) is 3.91. The third kappa shape index (κ3) is 1.58. The molecule has 1 aliphatic heterocycles. The maximum Gasteiger partial charge on any atom is 0.168 e. The van der Waals surface area contributed by atoms with E-state index in [0.717, 1.165) is 11.4 Å². The fourth-order valence-electron chi connectivity index (χ4n) is 2.85. The Labute approximate surface area is 118 Å². The van der Waals surface area contributed by atoms with Crippen molar-refractivity contribution in [3.63, 3.8) is 0 Å². The van der Waals surface area contributed by atoms with Gasteiger partial charge in [0.1, 0.15) is 0 Å². The number of hydroxylamine groups is 1. The van der Waals surface area contributed by atoms with E-state index in [1.807, 2.05) is 23.3 Å². The number of nitrogens with zero attached hydrogens (tertiary/aromatic N) is 1. The average Bonchev–Trinajstić information content (AvgIpc) is 2.86. The highest BCUT2D eigenvalue weighted by Crippen LogP contribution is 2.43. The fourth-order valence-corrected chi connectivity index (χ4v) is 2.85. The monoisotopic (exact) mass is 261 g/mol. The summed E-state index contributed by atoms with van der Waals surface area (Å²) in [5.74, 6) is 0.986. The lowest BCUT2D eigenvalue weighted by atomic mass is 10.0. The van der Waals surface area contributed by atoms with Gasteiger partial charge < -0.3 is 4.84 Å². The standard InChI is InChI=1S/C18H15NO/c1-13-16-12-11-14-7-5-6-10-17(14)18(16)20-19(13)15-8-3-2-4-9-15/h2-13H,1H3. The van der Waals surface area contributed by atoms with E-state index in [4.69, 9.17) is 4.84 Å². The Kier molecular flexibility index (Phi) is 2.43. The number of fused-ring (bicyclic) bond motifs is 3. The summed E-state index contributed by atoms with van der Waals surface area (Å²) in [6.45, 7) is 2.17. The van der Waals surface area contributed by atoms with E-state index in [2.05, 4.69) is 55.5 Å². The lowest BCUT2D eigenvalue weighted by molar-refractivity contribution is 0.290. The maximum atomic E-state index is 6.15. The lowest BCUT2D eigenvalue weighted by Crippen LogP contribution is -2.23. The summed E-state index contributed by atoms with van der Waals surface area (Å²) in [7, 11) is 0. The molecule has 0 radical (unpaired) electrons.